The summed E-state index contributed by atoms with van der Waals surface area (Å²) in [6.45, 7) is 10.1. The third-order valence-corrected chi connectivity index (χ3v) is 4.47. The average molecular weight is 325 g/mol. The Morgan fingerprint density at radius 1 is 0.958 bits per heavy atom. The van der Waals surface area contributed by atoms with Crippen LogP contribution in [0.3, 0.4) is 0 Å². The number of rotatable bonds is 5. The summed E-state index contributed by atoms with van der Waals surface area (Å²) >= 11 is 0. The van der Waals surface area contributed by atoms with E-state index in [0.29, 0.717) is 16.9 Å². The zero-order chi connectivity index (χ0) is 18.1. The minimum absolute atomic E-state index is 0.0320. The molecule has 0 spiro atoms. The molecule has 0 fully saturated rings. The molecule has 2 N–H and O–H groups in total. The Bertz CT molecular complexity index is 832. The van der Waals surface area contributed by atoms with Crippen molar-refractivity contribution < 1.29 is 0 Å². The largest absolute Gasteiger partial charge is 0.377 e. The van der Waals surface area contributed by atoms with Crippen LogP contribution >= 0.6 is 0 Å². The molecular formula is C19H23N3O2. The summed E-state index contributed by atoms with van der Waals surface area (Å²) in [4.78, 5) is 23.8. The van der Waals surface area contributed by atoms with Gasteiger partial charge in [-0.3, -0.25) is 9.59 Å². The Hall–Kier alpha value is -2.61. The molecule has 126 valence electrons. The molecule has 1 unspecified atom stereocenters. The Morgan fingerprint density at radius 2 is 1.46 bits per heavy atom. The van der Waals surface area contributed by atoms with E-state index >= 15 is 0 Å². The van der Waals surface area contributed by atoms with E-state index in [-0.39, 0.29) is 17.5 Å². The van der Waals surface area contributed by atoms with E-state index in [4.69, 9.17) is 5.26 Å². The van der Waals surface area contributed by atoms with E-state index in [2.05, 4.69) is 37.5 Å². The maximum absolute atomic E-state index is 11.9. The van der Waals surface area contributed by atoms with Gasteiger partial charge in [0.05, 0.1) is 11.6 Å². The fourth-order valence-electron chi connectivity index (χ4n) is 2.25. The summed E-state index contributed by atoms with van der Waals surface area (Å²) in [5.74, 6) is 0. The highest BCUT2D eigenvalue weighted by Crippen LogP contribution is 2.27. The smallest absolute Gasteiger partial charge is 0.253 e. The molecule has 24 heavy (non-hydrogen) atoms. The number of nitriles is 1. The van der Waals surface area contributed by atoms with Crippen LogP contribution < -0.4 is 21.5 Å². The molecule has 0 saturated heterocycles. The first kappa shape index (κ1) is 17.7. The number of anilines is 2. The van der Waals surface area contributed by atoms with Gasteiger partial charge in [-0.05, 0) is 37.0 Å². The predicted octanol–water partition coefficient (Wildman–Crippen LogP) is 3.17. The third kappa shape index (κ3) is 3.48. The lowest BCUT2D eigenvalue weighted by Gasteiger charge is -2.30. The summed E-state index contributed by atoms with van der Waals surface area (Å²) in [5.41, 5.74) is 1.24. The molecule has 0 aliphatic heterocycles. The van der Waals surface area contributed by atoms with Crippen LogP contribution in [-0.4, -0.2) is 6.04 Å². The maximum atomic E-state index is 11.9. The average Bonchev–Trinajstić information content (AvgIpc) is 2.56. The zero-order valence-corrected chi connectivity index (χ0v) is 14.7. The lowest BCUT2D eigenvalue weighted by atomic mass is 9.87. The van der Waals surface area contributed by atoms with Crippen molar-refractivity contribution in [3.63, 3.8) is 0 Å². The van der Waals surface area contributed by atoms with Crippen molar-refractivity contribution in [1.82, 2.24) is 0 Å². The van der Waals surface area contributed by atoms with Crippen molar-refractivity contribution in [3.8, 4) is 6.07 Å². The van der Waals surface area contributed by atoms with Gasteiger partial charge in [-0.25, -0.2) is 0 Å². The fraction of sp³-hybridized carbons (Fsp3) is 0.421. The quantitative estimate of drug-likeness (QED) is 0.825. The number of nitrogens with zero attached hydrogens (tertiary/aromatic N) is 1. The molecule has 0 heterocycles. The topological polar surface area (TPSA) is 82.0 Å². The highest BCUT2D eigenvalue weighted by atomic mass is 16.2. The van der Waals surface area contributed by atoms with Gasteiger partial charge in [-0.2, -0.15) is 5.26 Å². The second kappa shape index (κ2) is 6.48. The van der Waals surface area contributed by atoms with E-state index < -0.39 is 10.9 Å². The highest BCUT2D eigenvalue weighted by Gasteiger charge is 2.27. The number of nitrogens with one attached hydrogen (secondary N) is 2. The lowest BCUT2D eigenvalue weighted by Crippen LogP contribution is -2.42. The number of benzene rings is 1. The van der Waals surface area contributed by atoms with Crippen LogP contribution in [0, 0.1) is 16.7 Å². The van der Waals surface area contributed by atoms with Gasteiger partial charge in [0.15, 0.2) is 0 Å². The second-order valence-corrected chi connectivity index (χ2v) is 7.24. The van der Waals surface area contributed by atoms with Gasteiger partial charge >= 0.3 is 0 Å². The second-order valence-electron chi connectivity index (χ2n) is 7.24. The Kier molecular flexibility index (Phi) is 4.79. The van der Waals surface area contributed by atoms with Crippen LogP contribution in [-0.2, 0) is 0 Å². The van der Waals surface area contributed by atoms with Gasteiger partial charge in [0.1, 0.15) is 11.4 Å². The molecule has 0 aliphatic carbocycles. The normalized spacial score (nSPS) is 14.0. The zero-order valence-electron chi connectivity index (χ0n) is 14.7. The Balaban J connectivity index is 2.18. The van der Waals surface area contributed by atoms with Crippen LogP contribution in [0.15, 0.2) is 33.9 Å². The van der Waals surface area contributed by atoms with E-state index in [1.54, 1.807) is 12.1 Å². The van der Waals surface area contributed by atoms with Gasteiger partial charge in [-0.1, -0.05) is 32.9 Å². The van der Waals surface area contributed by atoms with Crippen molar-refractivity contribution in [2.24, 2.45) is 5.41 Å². The summed E-state index contributed by atoms with van der Waals surface area (Å²) in [7, 11) is 0. The Morgan fingerprint density at radius 3 is 1.92 bits per heavy atom. The van der Waals surface area contributed by atoms with Crippen LogP contribution in [0.4, 0.5) is 11.4 Å². The van der Waals surface area contributed by atoms with Crippen molar-refractivity contribution in [2.45, 2.75) is 46.7 Å². The minimum Gasteiger partial charge on any atom is -0.377 e. The van der Waals surface area contributed by atoms with Crippen molar-refractivity contribution in [1.29, 1.82) is 5.26 Å². The SMILES string of the molecule is CC(Nc1c(N[C@H](C)C(C)(C)C)c(=O)c1=O)c1ccc(C#N)cc1. The van der Waals surface area contributed by atoms with Crippen molar-refractivity contribution >= 4 is 11.4 Å². The molecule has 0 aromatic heterocycles. The van der Waals surface area contributed by atoms with Crippen molar-refractivity contribution in [2.75, 3.05) is 10.6 Å². The minimum atomic E-state index is -0.487. The van der Waals surface area contributed by atoms with Crippen LogP contribution in [0.5, 0.6) is 0 Å². The Labute approximate surface area is 142 Å². The third-order valence-electron chi connectivity index (χ3n) is 4.47. The molecule has 2 aromatic rings. The van der Waals surface area contributed by atoms with Crippen LogP contribution in [0.25, 0.3) is 0 Å². The maximum Gasteiger partial charge on any atom is 0.253 e. The lowest BCUT2D eigenvalue weighted by molar-refractivity contribution is 0.359. The molecule has 5 heteroatoms. The standard InChI is InChI=1S/C19H23N3O2/c1-11(14-8-6-13(10-20)7-9-14)21-15-16(18(24)17(15)23)22-12(2)19(3,4)5/h6-9,11-12,21-22H,1-5H3/t11?,12-/m1/s1. The van der Waals surface area contributed by atoms with E-state index in [0.717, 1.165) is 5.56 Å². The monoisotopic (exact) mass is 325 g/mol. The van der Waals surface area contributed by atoms with Gasteiger partial charge < -0.3 is 10.6 Å². The summed E-state index contributed by atoms with van der Waals surface area (Å²) in [6.07, 6.45) is 0. The van der Waals surface area contributed by atoms with E-state index in [9.17, 15) is 9.59 Å². The molecule has 0 saturated carbocycles. The molecule has 0 amide bonds. The molecule has 0 bridgehead atoms. The molecular weight excluding hydrogens is 302 g/mol. The molecule has 2 aromatic carbocycles. The first-order valence-electron chi connectivity index (χ1n) is 8.01. The highest BCUT2D eigenvalue weighted by molar-refractivity contribution is 5.74. The number of hydrogen-bond acceptors (Lipinski definition) is 5. The number of hydrogen-bond donors (Lipinski definition) is 2. The molecule has 2 atom stereocenters. The summed E-state index contributed by atoms with van der Waals surface area (Å²) < 4.78 is 0. The van der Waals surface area contributed by atoms with Gasteiger partial charge in [0, 0.05) is 12.1 Å². The first-order valence-corrected chi connectivity index (χ1v) is 8.01. The predicted molar refractivity (Wildman–Crippen MR) is 97.1 cm³/mol. The van der Waals surface area contributed by atoms with E-state index in [1.165, 1.54) is 0 Å². The van der Waals surface area contributed by atoms with Gasteiger partial charge in [0.2, 0.25) is 0 Å². The van der Waals surface area contributed by atoms with Crippen LogP contribution in [0.2, 0.25) is 0 Å². The molecule has 0 aliphatic rings. The first-order chi connectivity index (χ1) is 11.1. The molecule has 5 nitrogen and oxygen atoms in total. The van der Waals surface area contributed by atoms with Crippen molar-refractivity contribution in [3.05, 3.63) is 55.8 Å². The summed E-state index contributed by atoms with van der Waals surface area (Å²) in [6, 6.07) is 9.12. The molecule has 0 radical (unpaired) electrons. The summed E-state index contributed by atoms with van der Waals surface area (Å²) in [5, 5.41) is 15.1. The van der Waals surface area contributed by atoms with Crippen LogP contribution in [0.1, 0.15) is 51.8 Å². The van der Waals surface area contributed by atoms with E-state index in [1.807, 2.05) is 26.0 Å². The fourth-order valence-corrected chi connectivity index (χ4v) is 2.25. The van der Waals surface area contributed by atoms with Gasteiger partial charge in [-0.15, -0.1) is 0 Å². The van der Waals surface area contributed by atoms with Gasteiger partial charge in [0.25, 0.3) is 10.9 Å². The molecule has 2 rings (SSSR count).